The minimum absolute atomic E-state index is 0.00120. The Bertz CT molecular complexity index is 593. The highest BCUT2D eigenvalue weighted by Crippen LogP contribution is 2.57. The molecule has 0 atom stereocenters. The summed E-state index contributed by atoms with van der Waals surface area (Å²) in [5, 5.41) is 3.61. The van der Waals surface area contributed by atoms with Crippen LogP contribution < -0.4 is 10.6 Å². The second-order valence-electron chi connectivity index (χ2n) is 5.98. The number of allylic oxidation sites excluding steroid dienone is 1. The molecule has 0 unspecified atom stereocenters. The average molecular weight is 300 g/mol. The smallest absolute Gasteiger partial charge is 0.0340 e. The number of hydrogen-bond donors (Lipinski definition) is 0. The van der Waals surface area contributed by atoms with Crippen LogP contribution in [0, 0.1) is 5.41 Å². The molecule has 0 N–H and O–H groups in total. The van der Waals surface area contributed by atoms with Crippen LogP contribution in [0.25, 0.3) is 0 Å². The molecule has 0 saturated carbocycles. The van der Waals surface area contributed by atoms with Crippen molar-refractivity contribution in [2.75, 3.05) is 0 Å². The molecule has 0 aliphatic rings. The van der Waals surface area contributed by atoms with Crippen molar-refractivity contribution in [3.8, 4) is 0 Å². The van der Waals surface area contributed by atoms with Gasteiger partial charge in [-0.15, -0.1) is 0 Å². The maximum atomic E-state index is 6.22. The van der Waals surface area contributed by atoms with Gasteiger partial charge >= 0.3 is 0 Å². The fourth-order valence-corrected chi connectivity index (χ4v) is 6.81. The van der Waals surface area contributed by atoms with E-state index in [4.69, 9.17) is 11.8 Å². The van der Waals surface area contributed by atoms with Gasteiger partial charge in [0.2, 0.25) is 0 Å². The molecular formula is C18H21PS. The SMILES string of the molecule is C=C(C(C)(C)C)P(=S)(c1ccccc1)c1ccccc1. The predicted molar refractivity (Wildman–Crippen MR) is 95.0 cm³/mol. The molecule has 20 heavy (non-hydrogen) atoms. The van der Waals surface area contributed by atoms with Crippen LogP contribution in [0.15, 0.2) is 72.6 Å². The molecule has 0 aliphatic carbocycles. The molecule has 0 nitrogen and oxygen atoms in total. The molecule has 0 fully saturated rings. The molecule has 0 bridgehead atoms. The van der Waals surface area contributed by atoms with Gasteiger partial charge in [-0.2, -0.15) is 0 Å². The molecule has 0 spiro atoms. The Kier molecular flexibility index (Phi) is 4.32. The molecule has 0 aromatic heterocycles. The zero-order valence-electron chi connectivity index (χ0n) is 12.3. The van der Waals surface area contributed by atoms with E-state index >= 15 is 0 Å². The zero-order chi connectivity index (χ0) is 14.8. The van der Waals surface area contributed by atoms with Crippen LogP contribution in [0.1, 0.15) is 20.8 Å². The Morgan fingerprint density at radius 1 is 0.850 bits per heavy atom. The van der Waals surface area contributed by atoms with Crippen molar-refractivity contribution in [2.24, 2.45) is 5.41 Å². The summed E-state index contributed by atoms with van der Waals surface area (Å²) in [5.41, 5.74) is 0.00120. The minimum Gasteiger partial charge on any atom is -0.0935 e. The third-order valence-corrected chi connectivity index (χ3v) is 8.89. The van der Waals surface area contributed by atoms with Gasteiger partial charge in [-0.3, -0.25) is 0 Å². The van der Waals surface area contributed by atoms with E-state index in [9.17, 15) is 0 Å². The van der Waals surface area contributed by atoms with Crippen molar-refractivity contribution in [3.63, 3.8) is 0 Å². The first-order valence-corrected chi connectivity index (χ1v) is 9.58. The average Bonchev–Trinajstić information content (AvgIpc) is 2.46. The van der Waals surface area contributed by atoms with Crippen molar-refractivity contribution < 1.29 is 0 Å². The monoisotopic (exact) mass is 300 g/mol. The summed E-state index contributed by atoms with van der Waals surface area (Å²) in [6, 6.07) is 18.9. The van der Waals surface area contributed by atoms with Crippen molar-refractivity contribution in [1.82, 2.24) is 0 Å². The molecule has 0 heterocycles. The van der Waals surface area contributed by atoms with E-state index < -0.39 is 6.04 Å². The summed E-state index contributed by atoms with van der Waals surface area (Å²) in [6.07, 6.45) is 0. The maximum absolute atomic E-state index is 6.22. The third-order valence-electron chi connectivity index (χ3n) is 3.49. The van der Waals surface area contributed by atoms with Gasteiger partial charge in [0, 0.05) is 6.04 Å². The molecule has 2 aromatic rings. The number of hydrogen-bond acceptors (Lipinski definition) is 1. The second kappa shape index (κ2) is 5.68. The summed E-state index contributed by atoms with van der Waals surface area (Å²) >= 11 is 6.22. The fraction of sp³-hybridized carbons (Fsp3) is 0.222. The molecule has 2 rings (SSSR count). The van der Waals surface area contributed by atoms with Crippen molar-refractivity contribution in [3.05, 3.63) is 72.6 Å². The Morgan fingerprint density at radius 3 is 1.50 bits per heavy atom. The Hall–Kier alpha value is -1.17. The van der Waals surface area contributed by atoms with E-state index in [-0.39, 0.29) is 5.41 Å². The molecule has 0 radical (unpaired) electrons. The summed E-state index contributed by atoms with van der Waals surface area (Å²) in [7, 11) is 0. The fourth-order valence-electron chi connectivity index (χ4n) is 2.21. The molecule has 2 heteroatoms. The van der Waals surface area contributed by atoms with E-state index in [0.29, 0.717) is 0 Å². The van der Waals surface area contributed by atoms with Gasteiger partial charge < -0.3 is 0 Å². The van der Waals surface area contributed by atoms with Crippen molar-refractivity contribution in [2.45, 2.75) is 20.8 Å². The zero-order valence-corrected chi connectivity index (χ0v) is 14.0. The lowest BCUT2D eigenvalue weighted by molar-refractivity contribution is 0.533. The van der Waals surface area contributed by atoms with E-state index in [2.05, 4.69) is 75.9 Å². The van der Waals surface area contributed by atoms with Crippen LogP contribution in [0.3, 0.4) is 0 Å². The Morgan fingerprint density at radius 2 is 1.20 bits per heavy atom. The minimum atomic E-state index is -2.00. The molecule has 2 aromatic carbocycles. The van der Waals surface area contributed by atoms with Crippen molar-refractivity contribution >= 4 is 28.5 Å². The number of benzene rings is 2. The standard InChI is InChI=1S/C18H21PS/c1-15(18(2,3)4)19(20,16-11-7-5-8-12-16)17-13-9-6-10-14-17/h5-14H,1H2,2-4H3. The van der Waals surface area contributed by atoms with Crippen LogP contribution in [0.4, 0.5) is 0 Å². The van der Waals surface area contributed by atoms with Crippen LogP contribution >= 0.6 is 6.04 Å². The van der Waals surface area contributed by atoms with Crippen molar-refractivity contribution in [1.29, 1.82) is 0 Å². The van der Waals surface area contributed by atoms with Gasteiger partial charge in [-0.05, 0) is 21.3 Å². The summed E-state index contributed by atoms with van der Waals surface area (Å²) in [6.45, 7) is 11.0. The summed E-state index contributed by atoms with van der Waals surface area (Å²) < 4.78 is 0. The second-order valence-corrected chi connectivity index (χ2v) is 10.4. The largest absolute Gasteiger partial charge is 0.0935 e. The molecule has 104 valence electrons. The van der Waals surface area contributed by atoms with E-state index in [0.717, 1.165) is 5.31 Å². The van der Waals surface area contributed by atoms with Gasteiger partial charge in [0.15, 0.2) is 0 Å². The highest BCUT2D eigenvalue weighted by atomic mass is 32.4. The number of rotatable bonds is 3. The lowest BCUT2D eigenvalue weighted by Crippen LogP contribution is -2.22. The van der Waals surface area contributed by atoms with Crippen LogP contribution in [-0.2, 0) is 11.8 Å². The van der Waals surface area contributed by atoms with Crippen LogP contribution in [-0.4, -0.2) is 0 Å². The molecular weight excluding hydrogens is 279 g/mol. The van der Waals surface area contributed by atoms with E-state index in [1.165, 1.54) is 10.6 Å². The third kappa shape index (κ3) is 2.80. The Balaban J connectivity index is 2.69. The lowest BCUT2D eigenvalue weighted by Gasteiger charge is -2.33. The Labute approximate surface area is 127 Å². The van der Waals surface area contributed by atoms with E-state index in [1.807, 2.05) is 12.1 Å². The summed E-state index contributed by atoms with van der Waals surface area (Å²) in [5.74, 6) is 0. The van der Waals surface area contributed by atoms with Gasteiger partial charge in [-0.25, -0.2) is 0 Å². The van der Waals surface area contributed by atoms with Gasteiger partial charge in [0.25, 0.3) is 0 Å². The highest BCUT2D eigenvalue weighted by Gasteiger charge is 2.32. The van der Waals surface area contributed by atoms with Crippen LogP contribution in [0.2, 0.25) is 0 Å². The van der Waals surface area contributed by atoms with Gasteiger partial charge in [0.05, 0.1) is 0 Å². The predicted octanol–water partition coefficient (Wildman–Crippen LogP) is 4.68. The normalized spacial score (nSPS) is 12.2. The quantitative estimate of drug-likeness (QED) is 0.742. The first-order chi connectivity index (χ1) is 9.37. The van der Waals surface area contributed by atoms with Crippen LogP contribution in [0.5, 0.6) is 0 Å². The molecule has 0 amide bonds. The first-order valence-electron chi connectivity index (χ1n) is 6.78. The maximum Gasteiger partial charge on any atom is 0.0340 e. The van der Waals surface area contributed by atoms with Gasteiger partial charge in [0.1, 0.15) is 0 Å². The molecule has 0 aliphatic heterocycles. The highest BCUT2D eigenvalue weighted by molar-refractivity contribution is 8.23. The van der Waals surface area contributed by atoms with E-state index in [1.54, 1.807) is 0 Å². The van der Waals surface area contributed by atoms with Gasteiger partial charge in [-0.1, -0.05) is 99.8 Å². The topological polar surface area (TPSA) is 0 Å². The summed E-state index contributed by atoms with van der Waals surface area (Å²) in [4.78, 5) is 0. The lowest BCUT2D eigenvalue weighted by atomic mass is 9.97. The molecule has 0 saturated heterocycles. The first kappa shape index (κ1) is 15.2.